The highest BCUT2D eigenvalue weighted by Crippen LogP contribution is 2.22. The predicted molar refractivity (Wildman–Crippen MR) is 76.1 cm³/mol. The van der Waals surface area contributed by atoms with Crippen molar-refractivity contribution in [3.8, 4) is 0 Å². The van der Waals surface area contributed by atoms with E-state index in [0.29, 0.717) is 12.1 Å². The molecule has 1 aromatic heterocycles. The van der Waals surface area contributed by atoms with Crippen LogP contribution in [0.5, 0.6) is 0 Å². The first-order chi connectivity index (χ1) is 9.35. The minimum atomic E-state index is 0.364. The Kier molecular flexibility index (Phi) is 4.21. The van der Waals surface area contributed by atoms with Crippen LogP contribution in [0.1, 0.15) is 25.3 Å². The zero-order valence-corrected chi connectivity index (χ0v) is 11.8. The van der Waals surface area contributed by atoms with E-state index >= 15 is 0 Å². The molecular weight excluding hydrogens is 238 g/mol. The van der Waals surface area contributed by atoms with Crippen molar-refractivity contribution in [3.05, 3.63) is 24.0 Å². The Labute approximate surface area is 115 Å². The molecule has 2 aliphatic rings. The lowest BCUT2D eigenvalue weighted by Gasteiger charge is -2.35. The second-order valence-electron chi connectivity index (χ2n) is 5.73. The molecule has 4 nitrogen and oxygen atoms in total. The summed E-state index contributed by atoms with van der Waals surface area (Å²) in [5.74, 6) is 0. The van der Waals surface area contributed by atoms with Crippen LogP contribution >= 0.6 is 0 Å². The van der Waals surface area contributed by atoms with E-state index in [9.17, 15) is 0 Å². The van der Waals surface area contributed by atoms with Crippen molar-refractivity contribution in [2.75, 3.05) is 26.2 Å². The number of nitrogens with one attached hydrogen (secondary N) is 1. The molecule has 1 N–H and O–H groups in total. The number of nitrogens with zero attached hydrogens (tertiary/aromatic N) is 2. The molecule has 1 aromatic rings. The van der Waals surface area contributed by atoms with Crippen molar-refractivity contribution in [2.45, 2.75) is 45.0 Å². The van der Waals surface area contributed by atoms with E-state index in [4.69, 9.17) is 4.74 Å². The van der Waals surface area contributed by atoms with Gasteiger partial charge in [-0.25, -0.2) is 0 Å². The highest BCUT2D eigenvalue weighted by atomic mass is 16.5. The minimum absolute atomic E-state index is 0.364. The van der Waals surface area contributed by atoms with E-state index in [2.05, 4.69) is 40.2 Å². The minimum Gasteiger partial charge on any atom is -0.374 e. The third-order valence-corrected chi connectivity index (χ3v) is 4.34. The summed E-state index contributed by atoms with van der Waals surface area (Å²) in [5.41, 5.74) is 1.36. The maximum atomic E-state index is 5.95. The van der Waals surface area contributed by atoms with Gasteiger partial charge in [-0.2, -0.15) is 0 Å². The summed E-state index contributed by atoms with van der Waals surface area (Å²) >= 11 is 0. The topological polar surface area (TPSA) is 29.4 Å². The molecule has 0 aliphatic carbocycles. The van der Waals surface area contributed by atoms with Gasteiger partial charge in [0.15, 0.2) is 0 Å². The van der Waals surface area contributed by atoms with Crippen molar-refractivity contribution in [3.63, 3.8) is 0 Å². The Balaban J connectivity index is 1.40. The molecule has 0 spiro atoms. The molecule has 2 fully saturated rings. The number of hydrogen-bond acceptors (Lipinski definition) is 3. The van der Waals surface area contributed by atoms with E-state index in [1.807, 2.05) is 0 Å². The highest BCUT2D eigenvalue weighted by molar-refractivity contribution is 5.09. The predicted octanol–water partition coefficient (Wildman–Crippen LogP) is 1.46. The van der Waals surface area contributed by atoms with Gasteiger partial charge in [-0.05, 0) is 37.9 Å². The first-order valence-electron chi connectivity index (χ1n) is 7.56. The maximum Gasteiger partial charge on any atom is 0.0827 e. The fourth-order valence-corrected chi connectivity index (χ4v) is 3.18. The summed E-state index contributed by atoms with van der Waals surface area (Å²) in [5, 5.41) is 3.52. The molecule has 3 heterocycles. The van der Waals surface area contributed by atoms with Crippen LogP contribution in [-0.4, -0.2) is 47.9 Å². The quantitative estimate of drug-likeness (QED) is 0.872. The van der Waals surface area contributed by atoms with Gasteiger partial charge in [-0.3, -0.25) is 4.90 Å². The summed E-state index contributed by atoms with van der Waals surface area (Å²) in [6.45, 7) is 8.41. The second-order valence-corrected chi connectivity index (χ2v) is 5.73. The van der Waals surface area contributed by atoms with Crippen molar-refractivity contribution >= 4 is 0 Å². The first-order valence-corrected chi connectivity index (χ1v) is 7.56. The lowest BCUT2D eigenvalue weighted by Crippen LogP contribution is -2.49. The fourth-order valence-electron chi connectivity index (χ4n) is 3.18. The van der Waals surface area contributed by atoms with Gasteiger partial charge >= 0.3 is 0 Å². The fraction of sp³-hybridized carbons (Fsp3) is 0.733. The zero-order valence-electron chi connectivity index (χ0n) is 11.8. The van der Waals surface area contributed by atoms with Gasteiger partial charge in [0.2, 0.25) is 0 Å². The molecule has 2 saturated heterocycles. The van der Waals surface area contributed by atoms with Gasteiger partial charge in [-0.1, -0.05) is 0 Å². The van der Waals surface area contributed by atoms with Crippen LogP contribution < -0.4 is 5.32 Å². The van der Waals surface area contributed by atoms with Gasteiger partial charge in [0.05, 0.1) is 12.7 Å². The molecule has 19 heavy (non-hydrogen) atoms. The van der Waals surface area contributed by atoms with Gasteiger partial charge in [-0.15, -0.1) is 0 Å². The van der Waals surface area contributed by atoms with Crippen molar-refractivity contribution in [1.82, 2.24) is 14.8 Å². The van der Waals surface area contributed by atoms with E-state index in [-0.39, 0.29) is 0 Å². The van der Waals surface area contributed by atoms with Crippen LogP contribution in [0.2, 0.25) is 0 Å². The van der Waals surface area contributed by atoms with Gasteiger partial charge in [0.1, 0.15) is 0 Å². The third kappa shape index (κ3) is 3.19. The highest BCUT2D eigenvalue weighted by Gasteiger charge is 2.31. The van der Waals surface area contributed by atoms with Crippen LogP contribution in [0.15, 0.2) is 18.5 Å². The smallest absolute Gasteiger partial charge is 0.0827 e. The summed E-state index contributed by atoms with van der Waals surface area (Å²) in [6, 6.07) is 2.89. The molecule has 106 valence electrons. The van der Waals surface area contributed by atoms with E-state index < -0.39 is 0 Å². The molecule has 0 bridgehead atoms. The molecule has 0 radical (unpaired) electrons. The van der Waals surface area contributed by atoms with Gasteiger partial charge in [0.25, 0.3) is 0 Å². The number of hydrogen-bond donors (Lipinski definition) is 1. The number of aryl methyl sites for hydroxylation is 1. The van der Waals surface area contributed by atoms with Crippen LogP contribution in [0.3, 0.4) is 0 Å². The molecule has 2 atom stereocenters. The number of ether oxygens (including phenoxy) is 1. The van der Waals surface area contributed by atoms with Crippen molar-refractivity contribution in [2.24, 2.45) is 0 Å². The molecule has 2 aliphatic heterocycles. The Morgan fingerprint density at radius 2 is 2.42 bits per heavy atom. The molecule has 3 rings (SSSR count). The monoisotopic (exact) mass is 263 g/mol. The number of fused-ring (bicyclic) bond motifs is 1. The zero-order chi connectivity index (χ0) is 13.1. The van der Waals surface area contributed by atoms with Crippen molar-refractivity contribution in [1.29, 1.82) is 0 Å². The third-order valence-electron chi connectivity index (χ3n) is 4.34. The molecule has 0 aromatic carbocycles. The molecular formula is C15H25N3O. The first kappa shape index (κ1) is 13.2. The average Bonchev–Trinajstić information content (AvgIpc) is 3.06. The maximum absolute atomic E-state index is 5.95. The standard InChI is InChI=1S/C15H25N3O/c1-2-17-7-5-13(10-17)8-16-9-15-11-18-6-3-4-14(18)12-19-15/h5,7,10,14-16H,2-4,6,8-9,11-12H2,1H3. The van der Waals surface area contributed by atoms with Crippen molar-refractivity contribution < 1.29 is 4.74 Å². The van der Waals surface area contributed by atoms with E-state index in [1.165, 1.54) is 24.9 Å². The summed E-state index contributed by atoms with van der Waals surface area (Å²) in [6.07, 6.45) is 7.39. The number of morpholine rings is 1. The van der Waals surface area contributed by atoms with Crippen LogP contribution in [0, 0.1) is 0 Å². The second kappa shape index (κ2) is 6.07. The summed E-state index contributed by atoms with van der Waals surface area (Å²) in [4.78, 5) is 2.60. The molecule has 0 amide bonds. The summed E-state index contributed by atoms with van der Waals surface area (Å²) < 4.78 is 8.16. The van der Waals surface area contributed by atoms with E-state index in [0.717, 1.165) is 32.8 Å². The Hall–Kier alpha value is -0.840. The lowest BCUT2D eigenvalue weighted by molar-refractivity contribution is -0.0470. The SMILES string of the molecule is CCn1ccc(CNCC2CN3CCCC3CO2)c1. The average molecular weight is 263 g/mol. The Morgan fingerprint density at radius 1 is 1.47 bits per heavy atom. The number of rotatable bonds is 5. The lowest BCUT2D eigenvalue weighted by atomic mass is 10.2. The van der Waals surface area contributed by atoms with Gasteiger partial charge < -0.3 is 14.6 Å². The van der Waals surface area contributed by atoms with E-state index in [1.54, 1.807) is 0 Å². The van der Waals surface area contributed by atoms with Crippen LogP contribution in [0.4, 0.5) is 0 Å². The number of aromatic nitrogens is 1. The Morgan fingerprint density at radius 3 is 3.26 bits per heavy atom. The molecule has 0 saturated carbocycles. The van der Waals surface area contributed by atoms with Crippen LogP contribution in [-0.2, 0) is 17.8 Å². The largest absolute Gasteiger partial charge is 0.374 e. The molecule has 4 heteroatoms. The van der Waals surface area contributed by atoms with Gasteiger partial charge in [0, 0.05) is 44.6 Å². The normalized spacial score (nSPS) is 27.6. The van der Waals surface area contributed by atoms with Crippen LogP contribution in [0.25, 0.3) is 0 Å². The molecule has 2 unspecified atom stereocenters. The summed E-state index contributed by atoms with van der Waals surface area (Å²) in [7, 11) is 0. The Bertz CT molecular complexity index is 404.